The van der Waals surface area contributed by atoms with Crippen molar-refractivity contribution in [3.8, 4) is 0 Å². The third kappa shape index (κ3) is 1.03. The van der Waals surface area contributed by atoms with Crippen molar-refractivity contribution in [2.45, 2.75) is 24.6 Å². The van der Waals surface area contributed by atoms with Gasteiger partial charge in [-0.05, 0) is 38.1 Å². The number of piperidine rings is 3. The molecule has 2 atom stereocenters. The lowest BCUT2D eigenvalue weighted by Crippen LogP contribution is -2.78. The van der Waals surface area contributed by atoms with Crippen LogP contribution in [0.4, 0.5) is 0 Å². The average molecular weight is 213 g/mol. The third-order valence-electron chi connectivity index (χ3n) is 3.87. The van der Waals surface area contributed by atoms with Crippen molar-refractivity contribution in [2.75, 3.05) is 19.6 Å². The smallest absolute Gasteiger partial charge is 0.168 e. The second kappa shape index (κ2) is 2.81. The molecular weight excluding hydrogens is 198 g/mol. The molecule has 4 aliphatic rings. The maximum absolute atomic E-state index is 10.6. The molecule has 0 aromatic carbocycles. The fourth-order valence-corrected chi connectivity index (χ4v) is 3.33. The second-order valence-corrected chi connectivity index (χ2v) is 4.89. The van der Waals surface area contributed by atoms with Crippen molar-refractivity contribution in [3.63, 3.8) is 0 Å². The van der Waals surface area contributed by atoms with Crippen LogP contribution in [0.5, 0.6) is 0 Å². The Morgan fingerprint density at radius 3 is 2.86 bits per heavy atom. The van der Waals surface area contributed by atoms with Gasteiger partial charge < -0.3 is 15.7 Å². The average Bonchev–Trinajstić information content (AvgIpc) is 2.18. The minimum atomic E-state index is -0.765. The molecule has 5 heteroatoms. The Kier molecular flexibility index (Phi) is 1.78. The molecule has 78 valence electrons. The largest absolute Gasteiger partial charge is 0.369 e. The van der Waals surface area contributed by atoms with Crippen molar-refractivity contribution in [2.24, 2.45) is 5.92 Å². The molecule has 0 spiro atoms. The van der Waals surface area contributed by atoms with Gasteiger partial charge in [0.05, 0.1) is 6.04 Å². The van der Waals surface area contributed by atoms with Gasteiger partial charge in [0.2, 0.25) is 0 Å². The lowest BCUT2D eigenvalue weighted by atomic mass is 9.75. The number of hydrogen-bond acceptors (Lipinski definition) is 3. The van der Waals surface area contributed by atoms with Gasteiger partial charge in [0.1, 0.15) is 0 Å². The highest BCUT2D eigenvalue weighted by molar-refractivity contribution is 7.80. The van der Waals surface area contributed by atoms with E-state index in [1.807, 2.05) is 0 Å². The maximum Gasteiger partial charge on any atom is 0.168 e. The molecular formula is C9H15N3OS. The monoisotopic (exact) mass is 213 g/mol. The van der Waals surface area contributed by atoms with E-state index in [0.29, 0.717) is 11.0 Å². The number of rotatable bonds is 0. The zero-order valence-corrected chi connectivity index (χ0v) is 8.81. The van der Waals surface area contributed by atoms with E-state index in [1.54, 1.807) is 0 Å². The minimum Gasteiger partial charge on any atom is -0.369 e. The van der Waals surface area contributed by atoms with E-state index in [0.717, 1.165) is 32.5 Å². The number of hydrogen-bond donors (Lipinski definition) is 3. The Balaban J connectivity index is 1.94. The molecule has 0 aromatic rings. The van der Waals surface area contributed by atoms with E-state index in [4.69, 9.17) is 12.2 Å². The molecule has 4 rings (SSSR count). The van der Waals surface area contributed by atoms with Crippen LogP contribution in [0.25, 0.3) is 0 Å². The van der Waals surface area contributed by atoms with Crippen LogP contribution in [-0.4, -0.2) is 46.5 Å². The number of nitrogens with zero attached hydrogens (tertiary/aromatic N) is 1. The van der Waals surface area contributed by atoms with Gasteiger partial charge in [0.25, 0.3) is 0 Å². The van der Waals surface area contributed by atoms with E-state index in [1.165, 1.54) is 0 Å². The number of thiocarbonyl (C=S) groups is 1. The second-order valence-electron chi connectivity index (χ2n) is 4.49. The van der Waals surface area contributed by atoms with Crippen LogP contribution >= 0.6 is 12.2 Å². The Morgan fingerprint density at radius 2 is 2.14 bits per heavy atom. The lowest BCUT2D eigenvalue weighted by molar-refractivity contribution is -0.167. The zero-order valence-electron chi connectivity index (χ0n) is 7.99. The molecule has 0 saturated carbocycles. The quantitative estimate of drug-likeness (QED) is 0.462. The summed E-state index contributed by atoms with van der Waals surface area (Å²) >= 11 is 5.06. The molecule has 0 aromatic heterocycles. The molecule has 3 N–H and O–H groups in total. The van der Waals surface area contributed by atoms with Gasteiger partial charge in [-0.15, -0.1) is 0 Å². The summed E-state index contributed by atoms with van der Waals surface area (Å²) in [5.41, 5.74) is -0.765. The first-order chi connectivity index (χ1) is 6.70. The third-order valence-corrected chi connectivity index (χ3v) is 4.12. The van der Waals surface area contributed by atoms with Crippen molar-refractivity contribution in [1.29, 1.82) is 0 Å². The lowest BCUT2D eigenvalue weighted by Gasteiger charge is -2.58. The first kappa shape index (κ1) is 8.88. The molecule has 2 bridgehead atoms. The highest BCUT2D eigenvalue weighted by atomic mass is 32.1. The SMILES string of the molecule is OC12NC(=S)NCC1N1CCC2CC1. The minimum absolute atomic E-state index is 0.196. The van der Waals surface area contributed by atoms with Crippen molar-refractivity contribution in [1.82, 2.24) is 15.5 Å². The van der Waals surface area contributed by atoms with Gasteiger partial charge in [-0.1, -0.05) is 0 Å². The van der Waals surface area contributed by atoms with Gasteiger partial charge in [-0.25, -0.2) is 0 Å². The van der Waals surface area contributed by atoms with E-state index >= 15 is 0 Å². The Bertz CT molecular complexity index is 277. The molecule has 4 aliphatic heterocycles. The molecule has 4 nitrogen and oxygen atoms in total. The summed E-state index contributed by atoms with van der Waals surface area (Å²) in [4.78, 5) is 2.36. The van der Waals surface area contributed by atoms with Crippen LogP contribution in [0.1, 0.15) is 12.8 Å². The molecule has 0 radical (unpaired) electrons. The summed E-state index contributed by atoms with van der Waals surface area (Å²) < 4.78 is 0. The van der Waals surface area contributed by atoms with Gasteiger partial charge in [0, 0.05) is 12.5 Å². The van der Waals surface area contributed by atoms with Crippen molar-refractivity contribution in [3.05, 3.63) is 0 Å². The molecule has 14 heavy (non-hydrogen) atoms. The molecule has 4 saturated heterocycles. The van der Waals surface area contributed by atoms with Crippen LogP contribution in [0.15, 0.2) is 0 Å². The van der Waals surface area contributed by atoms with E-state index in [9.17, 15) is 5.11 Å². The van der Waals surface area contributed by atoms with Crippen LogP contribution in [0.3, 0.4) is 0 Å². The van der Waals surface area contributed by atoms with Crippen LogP contribution in [0.2, 0.25) is 0 Å². The number of aliphatic hydroxyl groups is 1. The van der Waals surface area contributed by atoms with Crippen molar-refractivity contribution < 1.29 is 5.11 Å². The van der Waals surface area contributed by atoms with Gasteiger partial charge in [0.15, 0.2) is 10.8 Å². The summed E-state index contributed by atoms with van der Waals surface area (Å²) in [7, 11) is 0. The van der Waals surface area contributed by atoms with Gasteiger partial charge in [-0.2, -0.15) is 0 Å². The predicted octanol–water partition coefficient (Wildman–Crippen LogP) is -0.753. The Morgan fingerprint density at radius 1 is 1.43 bits per heavy atom. The topological polar surface area (TPSA) is 47.5 Å². The highest BCUT2D eigenvalue weighted by Crippen LogP contribution is 2.39. The van der Waals surface area contributed by atoms with Crippen LogP contribution in [-0.2, 0) is 0 Å². The summed E-state index contributed by atoms with van der Waals surface area (Å²) in [5.74, 6) is 0.373. The molecule has 4 heterocycles. The van der Waals surface area contributed by atoms with Gasteiger partial charge in [-0.3, -0.25) is 4.90 Å². The molecule has 2 unspecified atom stereocenters. The van der Waals surface area contributed by atoms with E-state index < -0.39 is 5.72 Å². The summed E-state index contributed by atoms with van der Waals surface area (Å²) in [6, 6.07) is 0.196. The highest BCUT2D eigenvalue weighted by Gasteiger charge is 2.54. The van der Waals surface area contributed by atoms with E-state index in [2.05, 4.69) is 15.5 Å². The Hall–Kier alpha value is -0.390. The number of nitrogens with one attached hydrogen (secondary N) is 2. The maximum atomic E-state index is 10.6. The zero-order chi connectivity index (χ0) is 9.76. The van der Waals surface area contributed by atoms with Crippen LogP contribution < -0.4 is 10.6 Å². The standard InChI is InChI=1S/C9H15N3OS/c13-9-6-1-3-12(4-2-6)7(9)5-10-8(14)11-9/h6-7,13H,1-5H2,(H2,10,11,14). The Labute approximate surface area is 88.7 Å². The normalized spacial score (nSPS) is 50.6. The first-order valence-electron chi connectivity index (χ1n) is 5.22. The molecule has 0 amide bonds. The molecule has 0 aliphatic carbocycles. The number of fused-ring (bicyclic) bond motifs is 2. The van der Waals surface area contributed by atoms with Crippen LogP contribution in [0, 0.1) is 5.92 Å². The fourth-order valence-electron chi connectivity index (χ4n) is 3.09. The summed E-state index contributed by atoms with van der Waals surface area (Å²) in [6.07, 6.45) is 2.17. The molecule has 4 fully saturated rings. The summed E-state index contributed by atoms with van der Waals surface area (Å²) in [6.45, 7) is 3.01. The van der Waals surface area contributed by atoms with Gasteiger partial charge >= 0.3 is 0 Å². The summed E-state index contributed by atoms with van der Waals surface area (Å²) in [5, 5.41) is 17.3. The van der Waals surface area contributed by atoms with Crippen molar-refractivity contribution >= 4 is 17.3 Å². The van der Waals surface area contributed by atoms with E-state index in [-0.39, 0.29) is 6.04 Å². The predicted molar refractivity (Wildman–Crippen MR) is 56.8 cm³/mol. The first-order valence-corrected chi connectivity index (χ1v) is 5.63. The fraction of sp³-hybridized carbons (Fsp3) is 0.889.